The molecule has 0 unspecified atom stereocenters. The Bertz CT molecular complexity index is 1020. The molecule has 0 saturated carbocycles. The van der Waals surface area contributed by atoms with Crippen molar-refractivity contribution in [2.24, 2.45) is 18.9 Å². The highest BCUT2D eigenvalue weighted by Gasteiger charge is 2.30. The maximum absolute atomic E-state index is 13.0. The summed E-state index contributed by atoms with van der Waals surface area (Å²) < 4.78 is 13.1. The number of rotatable bonds is 10. The molecule has 2 aromatic carbocycles. The van der Waals surface area contributed by atoms with Crippen molar-refractivity contribution in [1.82, 2.24) is 9.55 Å². The van der Waals surface area contributed by atoms with Crippen molar-refractivity contribution in [2.45, 2.75) is 26.4 Å². The molecule has 0 saturated heterocycles. The molecule has 6 nitrogen and oxygen atoms in total. The Hall–Kier alpha value is -3.12. The van der Waals surface area contributed by atoms with Gasteiger partial charge in [-0.05, 0) is 42.7 Å². The molecule has 0 radical (unpaired) electrons. The Kier molecular flexibility index (Phi) is 8.45. The molecule has 2 atom stereocenters. The third-order valence-corrected chi connectivity index (χ3v) is 5.68. The van der Waals surface area contributed by atoms with Crippen LogP contribution in [-0.4, -0.2) is 28.1 Å². The summed E-state index contributed by atoms with van der Waals surface area (Å²) in [6.07, 6.45) is 4.57. The average molecular weight is 455 g/mol. The quantitative estimate of drug-likeness (QED) is 0.409. The van der Waals surface area contributed by atoms with Gasteiger partial charge in [-0.1, -0.05) is 48.9 Å². The van der Waals surface area contributed by atoms with E-state index in [1.165, 1.54) is 0 Å². The number of benzene rings is 2. The van der Waals surface area contributed by atoms with Crippen molar-refractivity contribution in [3.8, 4) is 0 Å². The second-order valence-electron chi connectivity index (χ2n) is 7.67. The molecule has 0 aliphatic heterocycles. The van der Waals surface area contributed by atoms with Crippen LogP contribution >= 0.6 is 11.6 Å². The lowest BCUT2D eigenvalue weighted by molar-refractivity contribution is -0.152. The van der Waals surface area contributed by atoms with Gasteiger partial charge >= 0.3 is 11.9 Å². The lowest BCUT2D eigenvalue weighted by atomic mass is 9.87. The number of carbonyl (C=O) groups is 2. The van der Waals surface area contributed by atoms with E-state index in [1.54, 1.807) is 48.9 Å². The number of aryl methyl sites for hydroxylation is 1. The molecule has 32 heavy (non-hydrogen) atoms. The van der Waals surface area contributed by atoms with Crippen molar-refractivity contribution < 1.29 is 19.1 Å². The second-order valence-corrected chi connectivity index (χ2v) is 8.11. The van der Waals surface area contributed by atoms with Gasteiger partial charge in [0.05, 0.1) is 24.4 Å². The van der Waals surface area contributed by atoms with Crippen molar-refractivity contribution in [2.75, 3.05) is 6.61 Å². The Morgan fingerprint density at radius 2 is 1.78 bits per heavy atom. The normalized spacial score (nSPS) is 12.7. The predicted octanol–water partition coefficient (Wildman–Crippen LogP) is 4.86. The van der Waals surface area contributed by atoms with Gasteiger partial charge in [-0.15, -0.1) is 0 Å². The Morgan fingerprint density at radius 1 is 1.06 bits per heavy atom. The zero-order valence-electron chi connectivity index (χ0n) is 18.2. The molecular formula is C25H27ClN2O4. The zero-order valence-corrected chi connectivity index (χ0v) is 19.0. The molecule has 3 aromatic rings. The molecule has 0 spiro atoms. The fourth-order valence-corrected chi connectivity index (χ4v) is 3.67. The van der Waals surface area contributed by atoms with Crippen LogP contribution in [0.25, 0.3) is 0 Å². The van der Waals surface area contributed by atoms with Gasteiger partial charge in [-0.3, -0.25) is 4.79 Å². The van der Waals surface area contributed by atoms with E-state index in [1.807, 2.05) is 36.7 Å². The van der Waals surface area contributed by atoms with Gasteiger partial charge in [0.2, 0.25) is 0 Å². The van der Waals surface area contributed by atoms with E-state index in [2.05, 4.69) is 4.98 Å². The van der Waals surface area contributed by atoms with E-state index in [9.17, 15) is 9.59 Å². The summed E-state index contributed by atoms with van der Waals surface area (Å²) in [6.45, 7) is 2.20. The zero-order chi connectivity index (χ0) is 22.9. The first-order valence-electron chi connectivity index (χ1n) is 10.6. The first-order chi connectivity index (χ1) is 15.5. The first kappa shape index (κ1) is 23.5. The monoisotopic (exact) mass is 454 g/mol. The van der Waals surface area contributed by atoms with Crippen molar-refractivity contribution in [3.05, 3.63) is 89.0 Å². The van der Waals surface area contributed by atoms with Gasteiger partial charge < -0.3 is 14.0 Å². The molecule has 0 N–H and O–H groups in total. The van der Waals surface area contributed by atoms with Gasteiger partial charge in [0.1, 0.15) is 6.61 Å². The minimum atomic E-state index is -0.430. The molecule has 168 valence electrons. The van der Waals surface area contributed by atoms with E-state index in [0.29, 0.717) is 23.4 Å². The molecule has 1 heterocycles. The molecule has 7 heteroatoms. The molecule has 0 amide bonds. The Morgan fingerprint density at radius 3 is 2.41 bits per heavy atom. The fraction of sp³-hybridized carbons (Fsp3) is 0.320. The minimum Gasteiger partial charge on any atom is -0.462 e. The van der Waals surface area contributed by atoms with Gasteiger partial charge in [0.25, 0.3) is 0 Å². The standard InChI is InChI=1S/C25H27ClN2O4/c1-3-23(25(30)31-15-18-9-11-21(26)12-10-18)20(13-22-14-27-17-28(22)2)16-32-24(29)19-7-5-4-6-8-19/h4-12,14,17,20,23H,3,13,15-16H2,1-2H3/t20-,23-/m0/s1. The third kappa shape index (κ3) is 6.44. The van der Waals surface area contributed by atoms with Crippen LogP contribution in [0.5, 0.6) is 0 Å². The van der Waals surface area contributed by atoms with Crippen LogP contribution < -0.4 is 0 Å². The van der Waals surface area contributed by atoms with Crippen LogP contribution in [0.1, 0.15) is 35.0 Å². The van der Waals surface area contributed by atoms with Crippen LogP contribution in [0, 0.1) is 11.8 Å². The maximum Gasteiger partial charge on any atom is 0.338 e. The van der Waals surface area contributed by atoms with Crippen LogP contribution in [0.3, 0.4) is 0 Å². The summed E-state index contributed by atoms with van der Waals surface area (Å²) in [5.74, 6) is -1.41. The summed E-state index contributed by atoms with van der Waals surface area (Å²) in [5.41, 5.74) is 2.29. The number of ether oxygens (including phenoxy) is 2. The lowest BCUT2D eigenvalue weighted by Crippen LogP contribution is -2.31. The summed E-state index contributed by atoms with van der Waals surface area (Å²) in [6, 6.07) is 16.0. The number of carbonyl (C=O) groups excluding carboxylic acids is 2. The lowest BCUT2D eigenvalue weighted by Gasteiger charge is -2.25. The molecule has 0 aliphatic carbocycles. The molecular weight excluding hydrogens is 428 g/mol. The van der Waals surface area contributed by atoms with Gasteiger partial charge in [0.15, 0.2) is 0 Å². The average Bonchev–Trinajstić information content (AvgIpc) is 3.22. The summed E-state index contributed by atoms with van der Waals surface area (Å²) in [7, 11) is 1.90. The van der Waals surface area contributed by atoms with Crippen LogP contribution in [0.2, 0.25) is 5.02 Å². The number of imidazole rings is 1. The summed E-state index contributed by atoms with van der Waals surface area (Å²) >= 11 is 5.92. The number of hydrogen-bond donors (Lipinski definition) is 0. The first-order valence-corrected chi connectivity index (χ1v) is 10.9. The number of esters is 2. The molecule has 3 rings (SSSR count). The largest absolute Gasteiger partial charge is 0.462 e. The van der Waals surface area contributed by atoms with Gasteiger partial charge in [-0.25, -0.2) is 9.78 Å². The smallest absolute Gasteiger partial charge is 0.338 e. The van der Waals surface area contributed by atoms with Crippen molar-refractivity contribution in [1.29, 1.82) is 0 Å². The highest BCUT2D eigenvalue weighted by atomic mass is 35.5. The molecule has 0 aliphatic rings. The second kappa shape index (κ2) is 11.5. The van der Waals surface area contributed by atoms with E-state index < -0.39 is 11.9 Å². The van der Waals surface area contributed by atoms with Gasteiger partial charge in [0, 0.05) is 29.9 Å². The van der Waals surface area contributed by atoms with E-state index in [4.69, 9.17) is 21.1 Å². The highest BCUT2D eigenvalue weighted by molar-refractivity contribution is 6.30. The van der Waals surface area contributed by atoms with E-state index in [-0.39, 0.29) is 25.1 Å². The Balaban J connectivity index is 1.70. The molecule has 0 bridgehead atoms. The molecule has 1 aromatic heterocycles. The number of nitrogens with zero attached hydrogens (tertiary/aromatic N) is 2. The maximum atomic E-state index is 13.0. The van der Waals surface area contributed by atoms with E-state index >= 15 is 0 Å². The van der Waals surface area contributed by atoms with Crippen LogP contribution in [0.15, 0.2) is 67.1 Å². The Labute approximate surface area is 193 Å². The number of halogens is 1. The van der Waals surface area contributed by atoms with Crippen LogP contribution in [-0.2, 0) is 34.3 Å². The highest BCUT2D eigenvalue weighted by Crippen LogP contribution is 2.24. The SMILES string of the molecule is CC[C@H](C(=O)OCc1ccc(Cl)cc1)[C@H](COC(=O)c1ccccc1)Cc1cncn1C. The van der Waals surface area contributed by atoms with Crippen molar-refractivity contribution >= 4 is 23.5 Å². The summed E-state index contributed by atoms with van der Waals surface area (Å²) in [4.78, 5) is 29.6. The third-order valence-electron chi connectivity index (χ3n) is 5.43. The number of hydrogen-bond acceptors (Lipinski definition) is 5. The number of aromatic nitrogens is 2. The van der Waals surface area contributed by atoms with E-state index in [0.717, 1.165) is 11.3 Å². The minimum absolute atomic E-state index is 0.105. The van der Waals surface area contributed by atoms with Crippen LogP contribution in [0.4, 0.5) is 0 Å². The van der Waals surface area contributed by atoms with Crippen molar-refractivity contribution in [3.63, 3.8) is 0 Å². The molecule has 0 fully saturated rings. The fourth-order valence-electron chi connectivity index (χ4n) is 3.54. The predicted molar refractivity (Wildman–Crippen MR) is 122 cm³/mol. The topological polar surface area (TPSA) is 70.4 Å². The van der Waals surface area contributed by atoms with Gasteiger partial charge in [-0.2, -0.15) is 0 Å². The summed E-state index contributed by atoms with van der Waals surface area (Å²) in [5, 5.41) is 0.628.